The minimum absolute atomic E-state index is 0.272. The fourth-order valence-corrected chi connectivity index (χ4v) is 4.49. The molecule has 0 fully saturated rings. The predicted octanol–water partition coefficient (Wildman–Crippen LogP) is 4.79. The number of aliphatic carboxylic acids is 1. The topological polar surface area (TPSA) is 74.7 Å². The second-order valence-electron chi connectivity index (χ2n) is 6.08. The van der Waals surface area contributed by atoms with E-state index in [1.807, 2.05) is 0 Å². The summed E-state index contributed by atoms with van der Waals surface area (Å²) in [7, 11) is -4.52. The maximum absolute atomic E-state index is 13.1. The number of rotatable bonds is 5. The van der Waals surface area contributed by atoms with Gasteiger partial charge in [0.15, 0.2) is 0 Å². The van der Waals surface area contributed by atoms with Gasteiger partial charge in [-0.2, -0.15) is 13.2 Å². The van der Waals surface area contributed by atoms with E-state index in [1.165, 1.54) is 18.2 Å². The molecule has 29 heavy (non-hydrogen) atoms. The van der Waals surface area contributed by atoms with Gasteiger partial charge in [0.25, 0.3) is 10.0 Å². The smallest absolute Gasteiger partial charge is 0.416 e. The van der Waals surface area contributed by atoms with Crippen LogP contribution in [0.4, 0.5) is 18.9 Å². The quantitative estimate of drug-likeness (QED) is 0.615. The monoisotopic (exact) mass is 443 g/mol. The lowest BCUT2D eigenvalue weighted by molar-refractivity contribution is -0.137. The molecule has 0 spiro atoms. The summed E-state index contributed by atoms with van der Waals surface area (Å²) in [6, 6.07) is 13.1. The van der Waals surface area contributed by atoms with Crippen molar-refractivity contribution in [3.05, 3.63) is 71.2 Å². The highest BCUT2D eigenvalue weighted by atomic mass is 35.5. The zero-order chi connectivity index (χ0) is 21.4. The molecule has 0 saturated heterocycles. The van der Waals surface area contributed by atoms with Crippen LogP contribution in [0, 0.1) is 0 Å². The molecule has 0 radical (unpaired) electrons. The molecular weight excluding hydrogens is 431 g/mol. The SMILES string of the molecule is O=C(O)CN(c1cc(C(F)(F)F)ccc1Cl)S(=O)(=O)c1ccc2ccccc2c1. The van der Waals surface area contributed by atoms with Crippen LogP contribution in [0.25, 0.3) is 10.8 Å². The summed E-state index contributed by atoms with van der Waals surface area (Å²) in [5, 5.41) is 10.2. The van der Waals surface area contributed by atoms with Gasteiger partial charge < -0.3 is 5.11 Å². The molecule has 5 nitrogen and oxygen atoms in total. The average molecular weight is 444 g/mol. The molecule has 10 heteroatoms. The summed E-state index contributed by atoms with van der Waals surface area (Å²) in [4.78, 5) is 11.0. The molecule has 0 aliphatic carbocycles. The summed E-state index contributed by atoms with van der Waals surface area (Å²) < 4.78 is 65.9. The second-order valence-corrected chi connectivity index (χ2v) is 8.35. The molecule has 3 rings (SSSR count). The van der Waals surface area contributed by atoms with Gasteiger partial charge >= 0.3 is 12.1 Å². The maximum Gasteiger partial charge on any atom is 0.416 e. The van der Waals surface area contributed by atoms with Gasteiger partial charge in [-0.05, 0) is 41.1 Å². The lowest BCUT2D eigenvalue weighted by Crippen LogP contribution is -2.36. The Morgan fingerprint density at radius 3 is 2.28 bits per heavy atom. The molecule has 3 aromatic carbocycles. The number of nitrogens with zero attached hydrogens (tertiary/aromatic N) is 1. The number of fused-ring (bicyclic) bond motifs is 1. The Kier molecular flexibility index (Phi) is 5.46. The number of carbonyl (C=O) groups is 1. The Labute approximate surface area is 169 Å². The van der Waals surface area contributed by atoms with Crippen LogP contribution in [0.15, 0.2) is 65.6 Å². The molecule has 0 aromatic heterocycles. The van der Waals surface area contributed by atoms with Gasteiger partial charge in [0.05, 0.1) is 21.2 Å². The van der Waals surface area contributed by atoms with Crippen LogP contribution in [0.3, 0.4) is 0 Å². The Morgan fingerprint density at radius 1 is 1.00 bits per heavy atom. The van der Waals surface area contributed by atoms with Crippen molar-refractivity contribution in [2.45, 2.75) is 11.1 Å². The van der Waals surface area contributed by atoms with Crippen molar-refractivity contribution >= 4 is 44.1 Å². The van der Waals surface area contributed by atoms with Crippen molar-refractivity contribution in [1.82, 2.24) is 0 Å². The largest absolute Gasteiger partial charge is 0.480 e. The van der Waals surface area contributed by atoms with Crippen LogP contribution in [0.1, 0.15) is 5.56 Å². The van der Waals surface area contributed by atoms with E-state index in [0.717, 1.165) is 11.5 Å². The minimum Gasteiger partial charge on any atom is -0.480 e. The second kappa shape index (κ2) is 7.57. The molecular formula is C19H13ClF3NO4S. The third kappa shape index (κ3) is 4.30. The van der Waals surface area contributed by atoms with Crippen LogP contribution in [-0.2, 0) is 21.0 Å². The lowest BCUT2D eigenvalue weighted by Gasteiger charge is -2.24. The van der Waals surface area contributed by atoms with Crippen molar-refractivity contribution in [2.24, 2.45) is 0 Å². The highest BCUT2D eigenvalue weighted by molar-refractivity contribution is 7.92. The summed E-state index contributed by atoms with van der Waals surface area (Å²) in [6.07, 6.45) is -4.76. The van der Waals surface area contributed by atoms with Gasteiger partial charge in [-0.1, -0.05) is 41.9 Å². The van der Waals surface area contributed by atoms with E-state index in [9.17, 15) is 31.5 Å². The molecule has 0 aliphatic rings. The first-order chi connectivity index (χ1) is 13.5. The molecule has 3 aromatic rings. The number of carboxylic acids is 1. The first-order valence-corrected chi connectivity index (χ1v) is 9.92. The molecule has 0 bridgehead atoms. The van der Waals surface area contributed by atoms with Crippen molar-refractivity contribution in [1.29, 1.82) is 0 Å². The third-order valence-electron chi connectivity index (χ3n) is 4.13. The summed E-state index contributed by atoms with van der Waals surface area (Å²) in [5.74, 6) is -1.55. The van der Waals surface area contributed by atoms with Crippen molar-refractivity contribution in [3.8, 4) is 0 Å². The van der Waals surface area contributed by atoms with Crippen molar-refractivity contribution in [2.75, 3.05) is 10.8 Å². The fraction of sp³-hybridized carbons (Fsp3) is 0.105. The van der Waals surface area contributed by atoms with Gasteiger partial charge in [0, 0.05) is 0 Å². The number of carboxylic acid groups (broad SMARTS) is 1. The first kappa shape index (κ1) is 20.9. The molecule has 152 valence electrons. The van der Waals surface area contributed by atoms with Gasteiger partial charge in [-0.15, -0.1) is 0 Å². The fourth-order valence-electron chi connectivity index (χ4n) is 2.76. The average Bonchev–Trinajstić information content (AvgIpc) is 2.65. The van der Waals surface area contributed by atoms with Crippen LogP contribution in [0.5, 0.6) is 0 Å². The molecule has 0 unspecified atom stereocenters. The number of sulfonamides is 1. The number of benzene rings is 3. The molecule has 0 aliphatic heterocycles. The third-order valence-corrected chi connectivity index (χ3v) is 6.21. The van der Waals surface area contributed by atoms with Gasteiger partial charge in [0.1, 0.15) is 6.54 Å². The van der Waals surface area contributed by atoms with Gasteiger partial charge in [0.2, 0.25) is 0 Å². The summed E-state index contributed by atoms with van der Waals surface area (Å²) in [5.41, 5.74) is -1.72. The summed E-state index contributed by atoms with van der Waals surface area (Å²) >= 11 is 5.95. The number of anilines is 1. The molecule has 0 heterocycles. The van der Waals surface area contributed by atoms with E-state index < -0.39 is 40.0 Å². The molecule has 0 saturated carbocycles. The zero-order valence-corrected chi connectivity index (χ0v) is 16.1. The van der Waals surface area contributed by atoms with Crippen LogP contribution < -0.4 is 4.31 Å². The predicted molar refractivity (Wildman–Crippen MR) is 103 cm³/mol. The van der Waals surface area contributed by atoms with Crippen molar-refractivity contribution < 1.29 is 31.5 Å². The van der Waals surface area contributed by atoms with Gasteiger partial charge in [-0.25, -0.2) is 8.42 Å². The van der Waals surface area contributed by atoms with E-state index >= 15 is 0 Å². The van der Waals surface area contributed by atoms with Crippen LogP contribution >= 0.6 is 11.6 Å². The van der Waals surface area contributed by atoms with E-state index in [-0.39, 0.29) is 9.92 Å². The Hall–Kier alpha value is -2.78. The van der Waals surface area contributed by atoms with E-state index in [0.29, 0.717) is 21.8 Å². The number of hydrogen-bond acceptors (Lipinski definition) is 3. The lowest BCUT2D eigenvalue weighted by atomic mass is 10.1. The normalized spacial score (nSPS) is 12.1. The minimum atomic E-state index is -4.76. The highest BCUT2D eigenvalue weighted by Crippen LogP contribution is 2.37. The number of hydrogen-bond donors (Lipinski definition) is 1. The molecule has 0 atom stereocenters. The highest BCUT2D eigenvalue weighted by Gasteiger charge is 2.34. The first-order valence-electron chi connectivity index (χ1n) is 8.10. The van der Waals surface area contributed by atoms with E-state index in [1.54, 1.807) is 24.3 Å². The zero-order valence-electron chi connectivity index (χ0n) is 14.5. The van der Waals surface area contributed by atoms with Crippen molar-refractivity contribution in [3.63, 3.8) is 0 Å². The maximum atomic E-state index is 13.1. The summed E-state index contributed by atoms with van der Waals surface area (Å²) in [6.45, 7) is -1.10. The van der Waals surface area contributed by atoms with Gasteiger partial charge in [-0.3, -0.25) is 9.10 Å². The standard InChI is InChI=1S/C19H13ClF3NO4S/c20-16-8-6-14(19(21,22)23)10-17(16)24(11-18(25)26)29(27,28)15-7-5-12-3-1-2-4-13(12)9-15/h1-10H,11H2,(H,25,26). The van der Waals surface area contributed by atoms with E-state index in [2.05, 4.69) is 0 Å². The number of halogens is 4. The van der Waals surface area contributed by atoms with Crippen LogP contribution in [-0.4, -0.2) is 26.0 Å². The Balaban J connectivity index is 2.19. The molecule has 1 N–H and O–H groups in total. The van der Waals surface area contributed by atoms with Crippen LogP contribution in [0.2, 0.25) is 5.02 Å². The number of alkyl halides is 3. The Morgan fingerprint density at radius 2 is 1.66 bits per heavy atom. The Bertz CT molecular complexity index is 1200. The van der Waals surface area contributed by atoms with E-state index in [4.69, 9.17) is 11.6 Å². The molecule has 0 amide bonds.